The van der Waals surface area contributed by atoms with Gasteiger partial charge in [0.25, 0.3) is 5.91 Å². The molecule has 0 spiro atoms. The summed E-state index contributed by atoms with van der Waals surface area (Å²) in [6.07, 6.45) is 0. The van der Waals surface area contributed by atoms with Gasteiger partial charge in [0.15, 0.2) is 10.9 Å². The van der Waals surface area contributed by atoms with Gasteiger partial charge in [-0.3, -0.25) is 14.9 Å². The van der Waals surface area contributed by atoms with Crippen LogP contribution in [0.2, 0.25) is 0 Å². The van der Waals surface area contributed by atoms with Crippen LogP contribution >= 0.6 is 28.1 Å². The van der Waals surface area contributed by atoms with E-state index in [0.29, 0.717) is 39.6 Å². The molecule has 0 bridgehead atoms. The molecule has 2 N–H and O–H groups in total. The molecule has 142 valence electrons. The summed E-state index contributed by atoms with van der Waals surface area (Å²) < 4.78 is 6.38. The summed E-state index contributed by atoms with van der Waals surface area (Å²) in [5, 5.41) is 5.68. The minimum atomic E-state index is -0.341. The highest BCUT2D eigenvalue weighted by Gasteiger charge is 2.12. The Kier molecular flexibility index (Phi) is 7.50. The first-order valence-electron chi connectivity index (χ1n) is 8.42. The Morgan fingerprint density at radius 3 is 2.52 bits per heavy atom. The Morgan fingerprint density at radius 1 is 1.15 bits per heavy atom. The number of halogens is 1. The lowest BCUT2D eigenvalue weighted by Gasteiger charge is -2.13. The monoisotopic (exact) mass is 448 g/mol. The maximum atomic E-state index is 12.4. The number of hydrogen-bond donors (Lipinski definition) is 2. The van der Waals surface area contributed by atoms with Crippen molar-refractivity contribution in [3.05, 3.63) is 58.1 Å². The molecule has 0 saturated heterocycles. The van der Waals surface area contributed by atoms with Crippen molar-refractivity contribution in [1.29, 1.82) is 0 Å². The Labute approximate surface area is 172 Å². The van der Waals surface area contributed by atoms with Gasteiger partial charge >= 0.3 is 0 Å². The summed E-state index contributed by atoms with van der Waals surface area (Å²) in [5.74, 6) is 0.705. The van der Waals surface area contributed by atoms with E-state index in [1.807, 2.05) is 0 Å². The van der Waals surface area contributed by atoms with Crippen LogP contribution in [-0.2, 0) is 0 Å². The number of rotatable bonds is 6. The summed E-state index contributed by atoms with van der Waals surface area (Å²) in [6.45, 7) is 6.22. The molecule has 0 aliphatic rings. The van der Waals surface area contributed by atoms with Crippen molar-refractivity contribution in [2.45, 2.75) is 20.8 Å². The quantitative estimate of drug-likeness (QED) is 0.489. The van der Waals surface area contributed by atoms with Crippen molar-refractivity contribution in [2.75, 3.05) is 11.9 Å². The van der Waals surface area contributed by atoms with Crippen molar-refractivity contribution in [3.8, 4) is 5.75 Å². The minimum Gasteiger partial charge on any atom is -0.492 e. The van der Waals surface area contributed by atoms with Gasteiger partial charge in [0.1, 0.15) is 5.75 Å². The second-order valence-corrected chi connectivity index (χ2v) is 7.66. The lowest BCUT2D eigenvalue weighted by atomic mass is 10.1. The number of anilines is 1. The second-order valence-electron chi connectivity index (χ2n) is 6.40. The zero-order valence-electron chi connectivity index (χ0n) is 15.3. The predicted molar refractivity (Wildman–Crippen MR) is 115 cm³/mol. The molecule has 2 rings (SSSR count). The maximum Gasteiger partial charge on any atom is 0.257 e. The fraction of sp³-hybridized carbons (Fsp3) is 0.250. The van der Waals surface area contributed by atoms with Gasteiger partial charge in [-0.2, -0.15) is 0 Å². The van der Waals surface area contributed by atoms with Crippen LogP contribution in [0.3, 0.4) is 0 Å². The third kappa shape index (κ3) is 6.45. The fourth-order valence-corrected chi connectivity index (χ4v) is 2.87. The highest BCUT2D eigenvalue weighted by atomic mass is 79.9. The molecule has 0 aromatic heterocycles. The molecule has 0 fully saturated rings. The third-order valence-corrected chi connectivity index (χ3v) is 4.34. The number of benzene rings is 2. The molecular weight excluding hydrogens is 428 g/mol. The molecular formula is C20H21BrN2O3S. The van der Waals surface area contributed by atoms with Gasteiger partial charge in [0, 0.05) is 16.8 Å². The molecule has 0 atom stereocenters. The molecule has 2 aromatic carbocycles. The smallest absolute Gasteiger partial charge is 0.257 e. The molecule has 7 heteroatoms. The molecule has 5 nitrogen and oxygen atoms in total. The molecule has 1 amide bonds. The van der Waals surface area contributed by atoms with Gasteiger partial charge in [0.2, 0.25) is 0 Å². The number of carbonyl (C=O) groups excluding carboxylic acids is 2. The summed E-state index contributed by atoms with van der Waals surface area (Å²) in [4.78, 5) is 23.8. The van der Waals surface area contributed by atoms with E-state index in [1.165, 1.54) is 6.92 Å². The van der Waals surface area contributed by atoms with Crippen LogP contribution in [0.15, 0.2) is 46.9 Å². The zero-order valence-corrected chi connectivity index (χ0v) is 17.7. The van der Waals surface area contributed by atoms with Crippen molar-refractivity contribution in [2.24, 2.45) is 5.92 Å². The summed E-state index contributed by atoms with van der Waals surface area (Å²) in [5.41, 5.74) is 1.64. The van der Waals surface area contributed by atoms with Crippen molar-refractivity contribution < 1.29 is 14.3 Å². The summed E-state index contributed by atoms with van der Waals surface area (Å²) in [7, 11) is 0. The predicted octanol–water partition coefficient (Wildman–Crippen LogP) is 4.81. The van der Waals surface area contributed by atoms with E-state index >= 15 is 0 Å². The van der Waals surface area contributed by atoms with E-state index in [4.69, 9.17) is 17.0 Å². The lowest BCUT2D eigenvalue weighted by molar-refractivity contribution is 0.0975. The largest absolute Gasteiger partial charge is 0.492 e. The number of hydrogen-bond acceptors (Lipinski definition) is 4. The molecule has 27 heavy (non-hydrogen) atoms. The summed E-state index contributed by atoms with van der Waals surface area (Å²) >= 11 is 8.61. The first-order chi connectivity index (χ1) is 12.8. The van der Waals surface area contributed by atoms with Crippen molar-refractivity contribution >= 4 is 50.6 Å². The van der Waals surface area contributed by atoms with Crippen LogP contribution in [-0.4, -0.2) is 23.4 Å². The van der Waals surface area contributed by atoms with E-state index in [-0.39, 0.29) is 16.8 Å². The third-order valence-electron chi connectivity index (χ3n) is 3.52. The SMILES string of the molecule is CC(=O)c1cccc(NC(=S)NC(=O)c2ccc(OCC(C)C)c(Br)c2)c1. The van der Waals surface area contributed by atoms with Gasteiger partial charge in [-0.15, -0.1) is 0 Å². The van der Waals surface area contributed by atoms with E-state index in [0.717, 1.165) is 0 Å². The number of nitrogens with one attached hydrogen (secondary N) is 2. The highest BCUT2D eigenvalue weighted by molar-refractivity contribution is 9.10. The van der Waals surface area contributed by atoms with E-state index in [2.05, 4.69) is 40.4 Å². The average molecular weight is 449 g/mol. The second kappa shape index (κ2) is 9.62. The van der Waals surface area contributed by atoms with Crippen LogP contribution in [0.4, 0.5) is 5.69 Å². The topological polar surface area (TPSA) is 67.4 Å². The zero-order chi connectivity index (χ0) is 20.0. The Hall–Kier alpha value is -2.25. The molecule has 0 heterocycles. The first-order valence-corrected chi connectivity index (χ1v) is 9.62. The normalized spacial score (nSPS) is 10.4. The summed E-state index contributed by atoms with van der Waals surface area (Å²) in [6, 6.07) is 12.0. The minimum absolute atomic E-state index is 0.0433. The Bertz CT molecular complexity index is 868. The highest BCUT2D eigenvalue weighted by Crippen LogP contribution is 2.26. The van der Waals surface area contributed by atoms with Crippen molar-refractivity contribution in [3.63, 3.8) is 0 Å². The number of amides is 1. The van der Waals surface area contributed by atoms with Gasteiger partial charge in [0.05, 0.1) is 11.1 Å². The van der Waals surface area contributed by atoms with Crippen molar-refractivity contribution in [1.82, 2.24) is 5.32 Å². The first kappa shape index (κ1) is 21.1. The molecule has 0 aliphatic carbocycles. The van der Waals surface area contributed by atoms with Crippen LogP contribution < -0.4 is 15.4 Å². The standard InChI is InChI=1S/C20H21BrN2O3S/c1-12(2)11-26-18-8-7-15(10-17(18)21)19(25)23-20(27)22-16-6-4-5-14(9-16)13(3)24/h4-10,12H,11H2,1-3H3,(H2,22,23,25,27). The molecule has 0 radical (unpaired) electrons. The van der Waals surface area contributed by atoms with Crippen LogP contribution in [0.5, 0.6) is 5.75 Å². The Morgan fingerprint density at radius 2 is 1.89 bits per heavy atom. The molecule has 0 saturated carbocycles. The van der Waals surface area contributed by atoms with Gasteiger partial charge in [-0.05, 0) is 71.3 Å². The average Bonchev–Trinajstić information content (AvgIpc) is 2.60. The Balaban J connectivity index is 2.00. The number of carbonyl (C=O) groups is 2. The van der Waals surface area contributed by atoms with Crippen LogP contribution in [0.25, 0.3) is 0 Å². The number of ketones is 1. The molecule has 2 aromatic rings. The fourth-order valence-electron chi connectivity index (χ4n) is 2.17. The van der Waals surface area contributed by atoms with Gasteiger partial charge in [-0.1, -0.05) is 26.0 Å². The van der Waals surface area contributed by atoms with Crippen LogP contribution in [0, 0.1) is 5.92 Å². The van der Waals surface area contributed by atoms with E-state index in [1.54, 1.807) is 42.5 Å². The maximum absolute atomic E-state index is 12.4. The number of ether oxygens (including phenoxy) is 1. The van der Waals surface area contributed by atoms with E-state index < -0.39 is 0 Å². The van der Waals surface area contributed by atoms with Gasteiger partial charge < -0.3 is 10.1 Å². The van der Waals surface area contributed by atoms with E-state index in [9.17, 15) is 9.59 Å². The lowest BCUT2D eigenvalue weighted by Crippen LogP contribution is -2.34. The molecule has 0 unspecified atom stereocenters. The molecule has 0 aliphatic heterocycles. The number of Topliss-reactive ketones (excluding diaryl/α,β-unsaturated/α-hetero) is 1. The number of thiocarbonyl (C=S) groups is 1. The van der Waals surface area contributed by atoms with Gasteiger partial charge in [-0.25, -0.2) is 0 Å². The van der Waals surface area contributed by atoms with Crippen LogP contribution in [0.1, 0.15) is 41.5 Å².